The smallest absolute Gasteiger partial charge is 0.169 e. The lowest BCUT2D eigenvalue weighted by atomic mass is 9.86. The summed E-state index contributed by atoms with van der Waals surface area (Å²) in [5, 5.41) is 12.1. The molecule has 4 heterocycles. The lowest BCUT2D eigenvalue weighted by molar-refractivity contribution is -0.936. The molecule has 3 unspecified atom stereocenters. The van der Waals surface area contributed by atoms with Crippen LogP contribution in [0.3, 0.4) is 0 Å². The number of carboxylic acid groups (broad SMARTS) is 1. The highest BCUT2D eigenvalue weighted by atomic mass is 127. The molecule has 4 aliphatic heterocycles. The van der Waals surface area contributed by atoms with Crippen LogP contribution in [0.4, 0.5) is 0 Å². The third kappa shape index (κ3) is 6.30. The van der Waals surface area contributed by atoms with Crippen molar-refractivity contribution in [2.45, 2.75) is 37.8 Å². The summed E-state index contributed by atoms with van der Waals surface area (Å²) >= 11 is 2.33. The van der Waals surface area contributed by atoms with Gasteiger partial charge in [-0.2, -0.15) is 0 Å². The van der Waals surface area contributed by atoms with Gasteiger partial charge in [0.15, 0.2) is 23.0 Å². The van der Waals surface area contributed by atoms with E-state index in [0.29, 0.717) is 59.0 Å². The van der Waals surface area contributed by atoms with Crippen molar-refractivity contribution in [1.82, 2.24) is 4.90 Å². The number of rotatable bonds is 5. The zero-order valence-electron chi connectivity index (χ0n) is 28.5. The largest absolute Gasteiger partial charge is 0.544 e. The van der Waals surface area contributed by atoms with Crippen LogP contribution in [-0.4, -0.2) is 70.4 Å². The summed E-state index contributed by atoms with van der Waals surface area (Å²) in [6.07, 6.45) is 2.88. The highest BCUT2D eigenvalue weighted by Crippen LogP contribution is 2.49. The van der Waals surface area contributed by atoms with Gasteiger partial charge in [0, 0.05) is 36.6 Å². The molecule has 0 N–H and O–H groups in total. The van der Waals surface area contributed by atoms with Crippen molar-refractivity contribution >= 4 is 28.6 Å². The molecule has 0 fully saturated rings. The van der Waals surface area contributed by atoms with E-state index in [0.717, 1.165) is 55.9 Å². The van der Waals surface area contributed by atoms with Crippen LogP contribution in [-0.2, 0) is 30.5 Å². The van der Waals surface area contributed by atoms with Gasteiger partial charge in [-0.25, -0.2) is 0 Å². The van der Waals surface area contributed by atoms with Gasteiger partial charge in [0.25, 0.3) is 0 Å². The van der Waals surface area contributed by atoms with Crippen LogP contribution in [0.15, 0.2) is 60.7 Å². The van der Waals surface area contributed by atoms with Crippen LogP contribution in [0.2, 0.25) is 0 Å². The monoisotopic (exact) mass is 776 g/mol. The first-order chi connectivity index (χ1) is 23.6. The fraction of sp³-hybridized carbons (Fsp3) is 0.359. The first kappa shape index (κ1) is 33.5. The molecule has 49 heavy (non-hydrogen) atoms. The lowest BCUT2D eigenvalue weighted by Crippen LogP contribution is -2.56. The summed E-state index contributed by atoms with van der Waals surface area (Å²) in [4.78, 5) is 14.5. The Labute approximate surface area is 301 Å². The molecule has 0 spiro atoms. The van der Waals surface area contributed by atoms with Crippen LogP contribution in [0, 0.1) is 3.57 Å². The Kier molecular flexibility index (Phi) is 9.14. The average Bonchev–Trinajstić information content (AvgIpc) is 3.08. The zero-order chi connectivity index (χ0) is 34.4. The molecule has 4 aromatic rings. The molecule has 4 aromatic carbocycles. The molecule has 0 amide bonds. The minimum Gasteiger partial charge on any atom is -0.544 e. The number of benzene rings is 4. The number of halogens is 1. The van der Waals surface area contributed by atoms with Gasteiger partial charge in [-0.15, -0.1) is 0 Å². The summed E-state index contributed by atoms with van der Waals surface area (Å²) in [7, 11) is 9.17. The summed E-state index contributed by atoms with van der Waals surface area (Å²) in [6, 6.07) is 20.3. The number of hydrogen-bond donors (Lipinski definition) is 0. The van der Waals surface area contributed by atoms with Crippen LogP contribution in [0.25, 0.3) is 0 Å². The Hall–Kier alpha value is -4.00. The van der Waals surface area contributed by atoms with E-state index in [9.17, 15) is 9.90 Å². The van der Waals surface area contributed by atoms with Crippen molar-refractivity contribution in [3.63, 3.8) is 0 Å². The van der Waals surface area contributed by atoms with E-state index in [1.807, 2.05) is 25.2 Å². The fourth-order valence-electron chi connectivity index (χ4n) is 7.80. The molecule has 8 rings (SSSR count). The molecular formula is C39H41IN2O7. The topological polar surface area (TPSA) is 89.5 Å². The quantitative estimate of drug-likeness (QED) is 0.180. The second-order valence-corrected chi connectivity index (χ2v) is 14.6. The molecule has 3 atom stereocenters. The summed E-state index contributed by atoms with van der Waals surface area (Å²) in [5.41, 5.74) is 6.64. The van der Waals surface area contributed by atoms with Gasteiger partial charge in [0.2, 0.25) is 0 Å². The predicted octanol–water partition coefficient (Wildman–Crippen LogP) is 6.02. The van der Waals surface area contributed by atoms with Gasteiger partial charge in [-0.1, -0.05) is 18.2 Å². The number of aliphatic carboxylic acids is 1. The first-order valence-corrected chi connectivity index (χ1v) is 17.6. The molecule has 4 aliphatic rings. The minimum absolute atomic E-state index is 0.00280. The fourth-order valence-corrected chi connectivity index (χ4v) is 8.57. The van der Waals surface area contributed by atoms with E-state index in [1.165, 1.54) is 5.56 Å². The minimum atomic E-state index is -1.07. The molecule has 6 bridgehead atoms. The maximum Gasteiger partial charge on any atom is 0.169 e. The van der Waals surface area contributed by atoms with E-state index >= 15 is 0 Å². The highest BCUT2D eigenvalue weighted by Gasteiger charge is 2.41. The molecule has 0 radical (unpaired) electrons. The van der Waals surface area contributed by atoms with E-state index in [4.69, 9.17) is 23.7 Å². The van der Waals surface area contributed by atoms with E-state index in [2.05, 4.69) is 77.0 Å². The number of nitrogens with zero attached hydrogens (tertiary/aromatic N) is 2. The number of methoxy groups -OCH3 is 3. The van der Waals surface area contributed by atoms with Gasteiger partial charge in [0.1, 0.15) is 29.8 Å². The van der Waals surface area contributed by atoms with Crippen LogP contribution in [0.1, 0.15) is 45.5 Å². The molecule has 0 aromatic heterocycles. The molecule has 0 aliphatic carbocycles. The normalized spacial score (nSPS) is 21.3. The molecule has 9 nitrogen and oxygen atoms in total. The molecule has 0 saturated carbocycles. The van der Waals surface area contributed by atoms with Crippen molar-refractivity contribution in [3.05, 3.63) is 97.6 Å². The standard InChI is InChI=1S/C39H41IN2O7/c1-41-14-12-26-20-35(47-5)38(40)39-37(26)29(41)16-24-8-11-31(45-3)33(18-24)48-27-9-6-23(7-10-27)17-30-28-21-34(49-39)32(46-4)19-25(28)13-15-42(30,2)22-36(43)44/h6-11,18-21,29-30H,12-17,22H2,1-5H3. The maximum atomic E-state index is 12.1. The van der Waals surface area contributed by atoms with Crippen molar-refractivity contribution in [2.24, 2.45) is 0 Å². The number of carboxylic acids is 1. The predicted molar refractivity (Wildman–Crippen MR) is 192 cm³/mol. The van der Waals surface area contributed by atoms with Crippen molar-refractivity contribution in [3.8, 4) is 40.2 Å². The summed E-state index contributed by atoms with van der Waals surface area (Å²) < 4.78 is 32.3. The summed E-state index contributed by atoms with van der Waals surface area (Å²) in [6.45, 7) is 1.44. The third-order valence-electron chi connectivity index (χ3n) is 10.5. The SMILES string of the molecule is COc1ccc2cc1Oc1ccc(cc1)CC1c3cc(c(OC)cc3CC[N+]1(C)CC(=O)[O-])Oc1c(I)c(OC)cc3c1C(C2)N(C)CC3. The maximum absolute atomic E-state index is 12.1. The molecule has 10 heteroatoms. The summed E-state index contributed by atoms with van der Waals surface area (Å²) in [5.74, 6) is 3.65. The Morgan fingerprint density at radius 3 is 2.29 bits per heavy atom. The van der Waals surface area contributed by atoms with E-state index in [1.54, 1.807) is 21.3 Å². The van der Waals surface area contributed by atoms with Crippen LogP contribution >= 0.6 is 22.6 Å². The van der Waals surface area contributed by atoms with Gasteiger partial charge in [-0.3, -0.25) is 4.90 Å². The van der Waals surface area contributed by atoms with E-state index < -0.39 is 5.97 Å². The Bertz CT molecular complexity index is 1910. The number of ether oxygens (including phenoxy) is 5. The van der Waals surface area contributed by atoms with Gasteiger partial charge in [-0.05, 0) is 107 Å². The number of carbonyl (C=O) groups excluding carboxylic acids is 1. The Morgan fingerprint density at radius 2 is 1.57 bits per heavy atom. The third-order valence-corrected chi connectivity index (χ3v) is 11.5. The van der Waals surface area contributed by atoms with Crippen molar-refractivity contribution < 1.29 is 38.1 Å². The van der Waals surface area contributed by atoms with Gasteiger partial charge >= 0.3 is 0 Å². The van der Waals surface area contributed by atoms with Crippen molar-refractivity contribution in [1.29, 1.82) is 0 Å². The average molecular weight is 777 g/mol. The molecule has 0 saturated heterocycles. The van der Waals surface area contributed by atoms with Crippen molar-refractivity contribution in [2.75, 3.05) is 55.1 Å². The first-order valence-electron chi connectivity index (χ1n) is 16.6. The van der Waals surface area contributed by atoms with Crippen LogP contribution < -0.4 is 28.8 Å². The van der Waals surface area contributed by atoms with E-state index in [-0.39, 0.29) is 18.6 Å². The lowest BCUT2D eigenvalue weighted by Gasteiger charge is -2.46. The Morgan fingerprint density at radius 1 is 0.878 bits per heavy atom. The number of hydrogen-bond acceptors (Lipinski definition) is 8. The zero-order valence-corrected chi connectivity index (χ0v) is 30.7. The van der Waals surface area contributed by atoms with Crippen LogP contribution in [0.5, 0.6) is 40.2 Å². The number of fused-ring (bicyclic) bond motifs is 2. The number of likely N-dealkylation sites (N-methyl/N-ethyl adjacent to an activating group) is 2. The Balaban J connectivity index is 1.47. The molecular weight excluding hydrogens is 735 g/mol. The number of carbonyl (C=O) groups is 1. The second-order valence-electron chi connectivity index (χ2n) is 13.5. The second kappa shape index (κ2) is 13.4. The number of quaternary nitrogens is 1. The highest BCUT2D eigenvalue weighted by molar-refractivity contribution is 14.1. The van der Waals surface area contributed by atoms with Gasteiger partial charge in [0.05, 0.1) is 44.5 Å². The van der Waals surface area contributed by atoms with Gasteiger partial charge < -0.3 is 38.1 Å². The molecule has 256 valence electrons.